The fourth-order valence-electron chi connectivity index (χ4n) is 2.58. The highest BCUT2D eigenvalue weighted by atomic mass is 16.4. The van der Waals surface area contributed by atoms with E-state index in [0.717, 1.165) is 5.56 Å². The molecule has 0 aromatic heterocycles. The Morgan fingerprint density at radius 2 is 1.90 bits per heavy atom. The molecule has 0 atom stereocenters. The van der Waals surface area contributed by atoms with E-state index in [1.54, 1.807) is 4.90 Å². The van der Waals surface area contributed by atoms with Crippen LogP contribution in [0.1, 0.15) is 18.4 Å². The van der Waals surface area contributed by atoms with Crippen molar-refractivity contribution in [2.75, 3.05) is 19.6 Å². The van der Waals surface area contributed by atoms with Gasteiger partial charge in [0.15, 0.2) is 0 Å². The van der Waals surface area contributed by atoms with Gasteiger partial charge in [0, 0.05) is 13.1 Å². The molecule has 6 heteroatoms. The van der Waals surface area contributed by atoms with E-state index in [4.69, 9.17) is 5.11 Å². The van der Waals surface area contributed by atoms with Crippen molar-refractivity contribution >= 4 is 12.0 Å². The third-order valence-electron chi connectivity index (χ3n) is 3.84. The number of nitriles is 1. The van der Waals surface area contributed by atoms with Gasteiger partial charge in [-0.15, -0.1) is 0 Å². The third kappa shape index (κ3) is 3.31. The molecule has 0 bridgehead atoms. The van der Waals surface area contributed by atoms with Crippen molar-refractivity contribution in [2.45, 2.75) is 18.3 Å². The SMILES string of the molecule is N#CC1(c2ccccc2)CCN(C(=O)NCC(=O)O)CC1. The summed E-state index contributed by atoms with van der Waals surface area (Å²) in [6, 6.07) is 11.6. The number of carbonyl (C=O) groups is 2. The minimum absolute atomic E-state index is 0.391. The van der Waals surface area contributed by atoms with E-state index in [0.29, 0.717) is 25.9 Å². The number of rotatable bonds is 3. The van der Waals surface area contributed by atoms with Crippen LogP contribution < -0.4 is 5.32 Å². The first kappa shape index (κ1) is 14.9. The smallest absolute Gasteiger partial charge is 0.323 e. The van der Waals surface area contributed by atoms with E-state index in [1.807, 2.05) is 30.3 Å². The van der Waals surface area contributed by atoms with Gasteiger partial charge in [-0.2, -0.15) is 5.26 Å². The largest absolute Gasteiger partial charge is 0.480 e. The van der Waals surface area contributed by atoms with Crippen LogP contribution in [0.2, 0.25) is 0 Å². The maximum atomic E-state index is 11.8. The minimum atomic E-state index is -1.07. The van der Waals surface area contributed by atoms with E-state index in [-0.39, 0.29) is 0 Å². The average molecular weight is 287 g/mol. The third-order valence-corrected chi connectivity index (χ3v) is 3.84. The molecule has 1 fully saturated rings. The lowest BCUT2D eigenvalue weighted by Crippen LogP contribution is -2.49. The highest BCUT2D eigenvalue weighted by Gasteiger charge is 2.37. The van der Waals surface area contributed by atoms with Crippen molar-refractivity contribution in [3.05, 3.63) is 35.9 Å². The van der Waals surface area contributed by atoms with Crippen LogP contribution >= 0.6 is 0 Å². The number of aliphatic carboxylic acids is 1. The van der Waals surface area contributed by atoms with Crippen LogP contribution in [-0.2, 0) is 10.2 Å². The molecule has 110 valence electrons. The van der Waals surface area contributed by atoms with Gasteiger partial charge in [-0.25, -0.2) is 4.79 Å². The lowest BCUT2D eigenvalue weighted by Gasteiger charge is -2.37. The highest BCUT2D eigenvalue weighted by Crippen LogP contribution is 2.34. The summed E-state index contributed by atoms with van der Waals surface area (Å²) >= 11 is 0. The topological polar surface area (TPSA) is 93.4 Å². The van der Waals surface area contributed by atoms with Gasteiger partial charge < -0.3 is 15.3 Å². The number of likely N-dealkylation sites (tertiary alicyclic amines) is 1. The second-order valence-electron chi connectivity index (χ2n) is 5.10. The van der Waals surface area contributed by atoms with Gasteiger partial charge in [-0.05, 0) is 18.4 Å². The molecule has 1 aliphatic heterocycles. The van der Waals surface area contributed by atoms with Gasteiger partial charge in [0.05, 0.1) is 11.5 Å². The number of amides is 2. The normalized spacial score (nSPS) is 16.8. The van der Waals surface area contributed by atoms with Crippen molar-refractivity contribution in [1.82, 2.24) is 10.2 Å². The average Bonchev–Trinajstić information content (AvgIpc) is 2.53. The Balaban J connectivity index is 2.00. The number of urea groups is 1. The summed E-state index contributed by atoms with van der Waals surface area (Å²) in [5, 5.41) is 20.4. The van der Waals surface area contributed by atoms with Gasteiger partial charge in [-0.3, -0.25) is 4.79 Å². The Kier molecular flexibility index (Phi) is 4.43. The molecule has 1 aromatic rings. The molecule has 6 nitrogen and oxygen atoms in total. The summed E-state index contributed by atoms with van der Waals surface area (Å²) < 4.78 is 0. The number of carboxylic acids is 1. The van der Waals surface area contributed by atoms with Crippen LogP contribution in [0.5, 0.6) is 0 Å². The van der Waals surface area contributed by atoms with E-state index in [1.165, 1.54) is 0 Å². The van der Waals surface area contributed by atoms with Gasteiger partial charge in [0.2, 0.25) is 0 Å². The van der Waals surface area contributed by atoms with Crippen LogP contribution in [0.15, 0.2) is 30.3 Å². The maximum absolute atomic E-state index is 11.8. The zero-order valence-electron chi connectivity index (χ0n) is 11.6. The lowest BCUT2D eigenvalue weighted by atomic mass is 9.74. The van der Waals surface area contributed by atoms with Crippen LogP contribution in [0.4, 0.5) is 4.79 Å². The Bertz CT molecular complexity index is 557. The number of benzene rings is 1. The Morgan fingerprint density at radius 1 is 1.29 bits per heavy atom. The number of hydrogen-bond donors (Lipinski definition) is 2. The maximum Gasteiger partial charge on any atom is 0.323 e. The van der Waals surface area contributed by atoms with E-state index in [2.05, 4.69) is 11.4 Å². The van der Waals surface area contributed by atoms with Gasteiger partial charge >= 0.3 is 12.0 Å². The van der Waals surface area contributed by atoms with Crippen LogP contribution in [0.3, 0.4) is 0 Å². The van der Waals surface area contributed by atoms with Crippen molar-refractivity contribution in [3.63, 3.8) is 0 Å². The first-order chi connectivity index (χ1) is 10.1. The molecule has 0 unspecified atom stereocenters. The quantitative estimate of drug-likeness (QED) is 0.877. The predicted molar refractivity (Wildman–Crippen MR) is 75.6 cm³/mol. The molecule has 0 spiro atoms. The minimum Gasteiger partial charge on any atom is -0.480 e. The van der Waals surface area contributed by atoms with E-state index in [9.17, 15) is 14.9 Å². The molecule has 1 saturated heterocycles. The molecular weight excluding hydrogens is 270 g/mol. The van der Waals surface area contributed by atoms with E-state index >= 15 is 0 Å². The molecule has 2 amide bonds. The molecule has 0 aliphatic carbocycles. The number of hydrogen-bond acceptors (Lipinski definition) is 3. The zero-order chi connectivity index (χ0) is 15.3. The number of carboxylic acid groups (broad SMARTS) is 1. The summed E-state index contributed by atoms with van der Waals surface area (Å²) in [7, 11) is 0. The van der Waals surface area contributed by atoms with Gasteiger partial charge in [0.25, 0.3) is 0 Å². The lowest BCUT2D eigenvalue weighted by molar-refractivity contribution is -0.135. The second kappa shape index (κ2) is 6.27. The molecule has 0 saturated carbocycles. The number of carbonyl (C=O) groups excluding carboxylic acids is 1. The fraction of sp³-hybridized carbons (Fsp3) is 0.400. The van der Waals surface area contributed by atoms with Crippen LogP contribution in [0, 0.1) is 11.3 Å². The first-order valence-electron chi connectivity index (χ1n) is 6.79. The molecule has 0 radical (unpaired) electrons. The Hall–Kier alpha value is -2.55. The number of nitrogens with one attached hydrogen (secondary N) is 1. The standard InChI is InChI=1S/C15H17N3O3/c16-11-15(12-4-2-1-3-5-12)6-8-18(9-7-15)14(21)17-10-13(19)20/h1-5H,6-10H2,(H,17,21)(H,19,20). The number of piperidine rings is 1. The molecule has 21 heavy (non-hydrogen) atoms. The van der Waals surface area contributed by atoms with Crippen molar-refractivity contribution in [2.24, 2.45) is 0 Å². The molecule has 1 heterocycles. The van der Waals surface area contributed by atoms with Gasteiger partial charge in [0.1, 0.15) is 6.54 Å². The van der Waals surface area contributed by atoms with Crippen molar-refractivity contribution in [1.29, 1.82) is 5.26 Å². The molecule has 2 N–H and O–H groups in total. The summed E-state index contributed by atoms with van der Waals surface area (Å²) in [4.78, 5) is 23.8. The molecule has 1 aliphatic rings. The fourth-order valence-corrected chi connectivity index (χ4v) is 2.58. The monoisotopic (exact) mass is 287 g/mol. The summed E-state index contributed by atoms with van der Waals surface area (Å²) in [5.74, 6) is -1.07. The van der Waals surface area contributed by atoms with Crippen molar-refractivity contribution in [3.8, 4) is 6.07 Å². The summed E-state index contributed by atoms with van der Waals surface area (Å²) in [6.07, 6.45) is 1.10. The summed E-state index contributed by atoms with van der Waals surface area (Å²) in [5.41, 5.74) is 0.406. The zero-order valence-corrected chi connectivity index (χ0v) is 11.6. The predicted octanol–water partition coefficient (Wildman–Crippen LogP) is 1.34. The van der Waals surface area contributed by atoms with E-state index < -0.39 is 24.0 Å². The molecular formula is C15H17N3O3. The summed E-state index contributed by atoms with van der Waals surface area (Å²) in [6.45, 7) is 0.485. The highest BCUT2D eigenvalue weighted by molar-refractivity contribution is 5.80. The van der Waals surface area contributed by atoms with Crippen LogP contribution in [-0.4, -0.2) is 41.6 Å². The Labute approximate surface area is 123 Å². The van der Waals surface area contributed by atoms with Gasteiger partial charge in [-0.1, -0.05) is 30.3 Å². The first-order valence-corrected chi connectivity index (χ1v) is 6.79. The Morgan fingerprint density at radius 3 is 2.43 bits per heavy atom. The molecule has 2 rings (SSSR count). The number of nitrogens with zero attached hydrogens (tertiary/aromatic N) is 2. The van der Waals surface area contributed by atoms with Crippen LogP contribution in [0.25, 0.3) is 0 Å². The molecule has 1 aromatic carbocycles. The van der Waals surface area contributed by atoms with Crippen molar-refractivity contribution < 1.29 is 14.7 Å². The second-order valence-corrected chi connectivity index (χ2v) is 5.10.